The van der Waals surface area contributed by atoms with E-state index in [1.165, 1.54) is 11.3 Å². The summed E-state index contributed by atoms with van der Waals surface area (Å²) in [6.45, 7) is 0.954. The van der Waals surface area contributed by atoms with Crippen molar-refractivity contribution < 1.29 is 9.90 Å². The van der Waals surface area contributed by atoms with Crippen LogP contribution in [0.4, 0.5) is 0 Å². The molecule has 0 unspecified atom stereocenters. The van der Waals surface area contributed by atoms with E-state index >= 15 is 0 Å². The summed E-state index contributed by atoms with van der Waals surface area (Å²) in [6, 6.07) is 5.39. The summed E-state index contributed by atoms with van der Waals surface area (Å²) in [6.07, 6.45) is 0.201. The minimum atomic E-state index is -0.424. The summed E-state index contributed by atoms with van der Waals surface area (Å²) in [4.78, 5) is 14.5. The molecule has 1 fully saturated rings. The van der Waals surface area contributed by atoms with Gasteiger partial charge in [0, 0.05) is 28.2 Å². The van der Waals surface area contributed by atoms with Crippen LogP contribution in [0.3, 0.4) is 0 Å². The van der Waals surface area contributed by atoms with Crippen molar-refractivity contribution >= 4 is 50.5 Å². The first-order valence-electron chi connectivity index (χ1n) is 5.91. The zero-order chi connectivity index (χ0) is 13.6. The van der Waals surface area contributed by atoms with Gasteiger partial charge in [-0.1, -0.05) is 29.3 Å². The molecule has 1 aromatic heterocycles. The number of thiophene rings is 1. The molecule has 3 rings (SSSR count). The Kier molecular flexibility index (Phi) is 3.43. The molecule has 2 aromatic rings. The molecule has 0 bridgehead atoms. The number of aliphatic hydroxyl groups excluding tert-OH is 1. The van der Waals surface area contributed by atoms with E-state index in [0.717, 1.165) is 10.1 Å². The topological polar surface area (TPSA) is 40.5 Å². The predicted octanol–water partition coefficient (Wildman–Crippen LogP) is 3.41. The van der Waals surface area contributed by atoms with Gasteiger partial charge in [-0.3, -0.25) is 4.79 Å². The number of carbonyl (C=O) groups excluding carboxylic acids is 1. The number of aliphatic hydroxyl groups is 1. The maximum absolute atomic E-state index is 12.4. The molecule has 2 heterocycles. The normalized spacial score (nSPS) is 19.3. The van der Waals surface area contributed by atoms with Crippen molar-refractivity contribution in [2.24, 2.45) is 0 Å². The Morgan fingerprint density at radius 2 is 2.21 bits per heavy atom. The molecular formula is C13H11Cl2NO2S. The van der Waals surface area contributed by atoms with E-state index in [9.17, 15) is 9.90 Å². The van der Waals surface area contributed by atoms with E-state index < -0.39 is 6.10 Å². The van der Waals surface area contributed by atoms with Crippen molar-refractivity contribution in [2.75, 3.05) is 13.1 Å². The lowest BCUT2D eigenvalue weighted by Gasteiger charge is -2.14. The van der Waals surface area contributed by atoms with Gasteiger partial charge in [0.05, 0.1) is 11.1 Å². The average Bonchev–Trinajstić information content (AvgIpc) is 2.93. The fraction of sp³-hybridized carbons (Fsp3) is 0.308. The van der Waals surface area contributed by atoms with Gasteiger partial charge in [0.25, 0.3) is 5.91 Å². The monoisotopic (exact) mass is 315 g/mol. The van der Waals surface area contributed by atoms with Gasteiger partial charge in [-0.25, -0.2) is 0 Å². The molecule has 1 saturated heterocycles. The number of hydrogen-bond donors (Lipinski definition) is 1. The third-order valence-corrected chi connectivity index (χ3v) is 5.12. The first kappa shape index (κ1) is 13.2. The molecular weight excluding hydrogens is 305 g/mol. The van der Waals surface area contributed by atoms with Crippen LogP contribution in [0.1, 0.15) is 16.1 Å². The van der Waals surface area contributed by atoms with Crippen molar-refractivity contribution in [1.29, 1.82) is 0 Å². The summed E-state index contributed by atoms with van der Waals surface area (Å²) >= 11 is 13.6. The quantitative estimate of drug-likeness (QED) is 0.876. The standard InChI is InChI=1S/C13H11Cl2NO2S/c14-7-1-2-9-10(5-7)19-12(11(9)15)13(18)16-4-3-8(17)6-16/h1-2,5,8,17H,3-4,6H2/t8-/m0/s1. The molecule has 1 aromatic carbocycles. The van der Waals surface area contributed by atoms with Crippen LogP contribution in [-0.4, -0.2) is 35.1 Å². The SMILES string of the molecule is O=C(c1sc2cc(Cl)ccc2c1Cl)N1CC[C@H](O)C1. The summed E-state index contributed by atoms with van der Waals surface area (Å²) < 4.78 is 0.903. The summed E-state index contributed by atoms with van der Waals surface area (Å²) in [5, 5.41) is 11.4. The molecule has 1 N–H and O–H groups in total. The number of benzene rings is 1. The fourth-order valence-electron chi connectivity index (χ4n) is 2.25. The lowest BCUT2D eigenvalue weighted by molar-refractivity contribution is 0.0770. The van der Waals surface area contributed by atoms with Gasteiger partial charge < -0.3 is 10.0 Å². The molecule has 0 aliphatic carbocycles. The van der Waals surface area contributed by atoms with Crippen LogP contribution < -0.4 is 0 Å². The Labute approximate surface area is 124 Å². The van der Waals surface area contributed by atoms with Gasteiger partial charge in [-0.2, -0.15) is 0 Å². The first-order chi connectivity index (χ1) is 9.06. The van der Waals surface area contributed by atoms with Gasteiger partial charge in [0.2, 0.25) is 0 Å². The summed E-state index contributed by atoms with van der Waals surface area (Å²) in [5.74, 6) is -0.112. The minimum absolute atomic E-state index is 0.112. The number of fused-ring (bicyclic) bond motifs is 1. The second-order valence-electron chi connectivity index (χ2n) is 4.58. The molecule has 3 nitrogen and oxygen atoms in total. The molecule has 0 radical (unpaired) electrons. The van der Waals surface area contributed by atoms with Crippen LogP contribution in [0.25, 0.3) is 10.1 Å². The van der Waals surface area contributed by atoms with Crippen molar-refractivity contribution in [3.63, 3.8) is 0 Å². The van der Waals surface area contributed by atoms with Crippen LogP contribution >= 0.6 is 34.5 Å². The average molecular weight is 316 g/mol. The Balaban J connectivity index is 2.00. The van der Waals surface area contributed by atoms with Gasteiger partial charge in [0.1, 0.15) is 4.88 Å². The zero-order valence-corrected chi connectivity index (χ0v) is 12.2. The maximum Gasteiger partial charge on any atom is 0.265 e. The molecule has 6 heteroatoms. The van der Waals surface area contributed by atoms with Crippen LogP contribution in [0.2, 0.25) is 10.0 Å². The minimum Gasteiger partial charge on any atom is -0.391 e. The number of likely N-dealkylation sites (tertiary alicyclic amines) is 1. The lowest BCUT2D eigenvalue weighted by Crippen LogP contribution is -2.29. The highest BCUT2D eigenvalue weighted by atomic mass is 35.5. The van der Waals surface area contributed by atoms with Crippen molar-refractivity contribution in [1.82, 2.24) is 4.90 Å². The molecule has 1 aliphatic rings. The van der Waals surface area contributed by atoms with Gasteiger partial charge >= 0.3 is 0 Å². The van der Waals surface area contributed by atoms with Crippen LogP contribution in [0, 0.1) is 0 Å². The molecule has 100 valence electrons. The molecule has 1 amide bonds. The van der Waals surface area contributed by atoms with Crippen LogP contribution in [0.15, 0.2) is 18.2 Å². The number of halogens is 2. The molecule has 19 heavy (non-hydrogen) atoms. The number of carbonyl (C=O) groups is 1. The van der Waals surface area contributed by atoms with Gasteiger partial charge in [-0.15, -0.1) is 11.3 Å². The molecule has 1 aliphatic heterocycles. The fourth-order valence-corrected chi connectivity index (χ4v) is 4.00. The van der Waals surface area contributed by atoms with E-state index in [1.54, 1.807) is 11.0 Å². The third kappa shape index (κ3) is 2.34. The largest absolute Gasteiger partial charge is 0.391 e. The number of rotatable bonds is 1. The molecule has 0 spiro atoms. The Bertz CT molecular complexity index is 655. The highest BCUT2D eigenvalue weighted by Gasteiger charge is 2.28. The zero-order valence-electron chi connectivity index (χ0n) is 9.90. The Morgan fingerprint density at radius 3 is 2.89 bits per heavy atom. The predicted molar refractivity (Wildman–Crippen MR) is 78.4 cm³/mol. The van der Waals surface area contributed by atoms with E-state index in [4.69, 9.17) is 23.2 Å². The van der Waals surface area contributed by atoms with E-state index in [1.807, 2.05) is 12.1 Å². The van der Waals surface area contributed by atoms with Crippen molar-refractivity contribution in [3.8, 4) is 0 Å². The van der Waals surface area contributed by atoms with Gasteiger partial charge in [-0.05, 0) is 18.6 Å². The Morgan fingerprint density at radius 1 is 1.42 bits per heavy atom. The second kappa shape index (κ2) is 4.94. The van der Waals surface area contributed by atoms with E-state index in [-0.39, 0.29) is 5.91 Å². The molecule has 0 saturated carbocycles. The summed E-state index contributed by atoms with van der Waals surface area (Å²) in [7, 11) is 0. The van der Waals surface area contributed by atoms with Crippen LogP contribution in [0.5, 0.6) is 0 Å². The summed E-state index contributed by atoms with van der Waals surface area (Å²) in [5.41, 5.74) is 0. The highest BCUT2D eigenvalue weighted by molar-refractivity contribution is 7.21. The van der Waals surface area contributed by atoms with Crippen molar-refractivity contribution in [3.05, 3.63) is 33.1 Å². The van der Waals surface area contributed by atoms with E-state index in [2.05, 4.69) is 0 Å². The number of amides is 1. The number of hydrogen-bond acceptors (Lipinski definition) is 3. The lowest BCUT2D eigenvalue weighted by atomic mass is 10.2. The first-order valence-corrected chi connectivity index (χ1v) is 7.48. The number of β-amino-alcohol motifs (C(OH)–C–C–N with tert-alkyl or cyclic N) is 1. The molecule has 1 atom stereocenters. The highest BCUT2D eigenvalue weighted by Crippen LogP contribution is 2.37. The smallest absolute Gasteiger partial charge is 0.265 e. The second-order valence-corrected chi connectivity index (χ2v) is 6.45. The maximum atomic E-state index is 12.4. The van der Waals surface area contributed by atoms with Crippen LogP contribution in [-0.2, 0) is 0 Å². The van der Waals surface area contributed by atoms with E-state index in [0.29, 0.717) is 34.4 Å². The van der Waals surface area contributed by atoms with Gasteiger partial charge in [0.15, 0.2) is 0 Å². The third-order valence-electron chi connectivity index (χ3n) is 3.24. The Hall–Kier alpha value is -0.810. The number of nitrogens with zero attached hydrogens (tertiary/aromatic N) is 1. The van der Waals surface area contributed by atoms with Crippen molar-refractivity contribution in [2.45, 2.75) is 12.5 Å².